The molecule has 53 heavy (non-hydrogen) atoms. The van der Waals surface area contributed by atoms with E-state index < -0.39 is 28.0 Å². The lowest BCUT2D eigenvalue weighted by Crippen LogP contribution is -2.47. The quantitative estimate of drug-likeness (QED) is 0.0327. The summed E-state index contributed by atoms with van der Waals surface area (Å²) in [7, 11) is -4.32. The van der Waals surface area contributed by atoms with Crippen LogP contribution in [0.1, 0.15) is 232 Å². The van der Waals surface area contributed by atoms with E-state index in [1.54, 1.807) is 0 Å². The van der Waals surface area contributed by atoms with Gasteiger partial charge in [-0.1, -0.05) is 211 Å². The number of carbonyl (C=O) groups is 1. The molecule has 0 aliphatic carbocycles. The van der Waals surface area contributed by atoms with Gasteiger partial charge >= 0.3 is 0 Å². The highest BCUT2D eigenvalue weighted by molar-refractivity contribution is 7.85. The van der Waals surface area contributed by atoms with Crippen molar-refractivity contribution in [1.82, 2.24) is 5.32 Å². The fourth-order valence-corrected chi connectivity index (χ4v) is 7.69. The second kappa shape index (κ2) is 40.2. The smallest absolute Gasteiger partial charge is 0.266 e. The molecule has 0 heterocycles. The van der Waals surface area contributed by atoms with Gasteiger partial charge in [0.1, 0.15) is 0 Å². The van der Waals surface area contributed by atoms with Crippen molar-refractivity contribution in [3.63, 3.8) is 0 Å². The summed E-state index contributed by atoms with van der Waals surface area (Å²) < 4.78 is 32.6. The molecule has 0 aromatic rings. The van der Waals surface area contributed by atoms with E-state index in [1.165, 1.54) is 141 Å². The van der Waals surface area contributed by atoms with Crippen molar-refractivity contribution < 1.29 is 22.9 Å². The predicted octanol–water partition coefficient (Wildman–Crippen LogP) is 13.7. The molecule has 2 unspecified atom stereocenters. The number of carbonyl (C=O) groups excluding carboxylic acids is 1. The topological polar surface area (TPSA) is 104 Å². The zero-order valence-corrected chi connectivity index (χ0v) is 35.7. The van der Waals surface area contributed by atoms with E-state index in [0.29, 0.717) is 12.8 Å². The number of aliphatic hydroxyl groups is 1. The predicted molar refractivity (Wildman–Crippen MR) is 230 cm³/mol. The van der Waals surface area contributed by atoms with Crippen molar-refractivity contribution in [3.8, 4) is 0 Å². The minimum Gasteiger partial charge on any atom is -0.391 e. The summed E-state index contributed by atoms with van der Waals surface area (Å²) in [5, 5.41) is 13.4. The Balaban J connectivity index is 3.84. The average molecular weight is 766 g/mol. The van der Waals surface area contributed by atoms with E-state index in [4.69, 9.17) is 0 Å². The molecule has 0 aliphatic heterocycles. The van der Waals surface area contributed by atoms with Gasteiger partial charge in [0.15, 0.2) is 0 Å². The van der Waals surface area contributed by atoms with E-state index in [0.717, 1.165) is 64.2 Å². The second-order valence-electron chi connectivity index (χ2n) is 15.7. The monoisotopic (exact) mass is 766 g/mol. The standard InChI is InChI=1S/C46H87NO5S/c1-3-5-7-9-11-13-15-17-19-21-23-25-27-29-31-33-35-37-39-41-45(48)44(43-53(50,51)52)47-46(49)42-40-38-36-34-32-30-28-26-24-22-20-18-16-14-12-10-8-6-4-2/h12,14,18,20,24,26,44-45,48H,3-11,13,15-17,19,21-23,25,27-43H2,1-2H3,(H,47,49)(H,50,51,52)/b14-12-,20-18-,26-24-. The molecule has 7 heteroatoms. The molecule has 3 N–H and O–H groups in total. The van der Waals surface area contributed by atoms with E-state index in [2.05, 4.69) is 55.6 Å². The van der Waals surface area contributed by atoms with Gasteiger partial charge in [-0.2, -0.15) is 8.42 Å². The lowest BCUT2D eigenvalue weighted by atomic mass is 10.0. The van der Waals surface area contributed by atoms with Crippen molar-refractivity contribution >= 4 is 16.0 Å². The number of nitrogens with one attached hydrogen (secondary N) is 1. The zero-order valence-electron chi connectivity index (χ0n) is 34.9. The molecule has 6 nitrogen and oxygen atoms in total. The molecule has 0 aromatic heterocycles. The molecule has 0 rings (SSSR count). The number of allylic oxidation sites excluding steroid dienone is 6. The van der Waals surface area contributed by atoms with Crippen molar-refractivity contribution in [2.45, 2.75) is 244 Å². The van der Waals surface area contributed by atoms with Crippen molar-refractivity contribution in [3.05, 3.63) is 36.5 Å². The second-order valence-corrected chi connectivity index (χ2v) is 17.2. The lowest BCUT2D eigenvalue weighted by molar-refractivity contribution is -0.122. The summed E-state index contributed by atoms with van der Waals surface area (Å²) in [5.74, 6) is -0.909. The van der Waals surface area contributed by atoms with Crippen LogP contribution in [0.5, 0.6) is 0 Å². The largest absolute Gasteiger partial charge is 0.391 e. The SMILES string of the molecule is CCCCC/C=C\C/C=C\C/C=C\CCCCCCCCC(=O)NC(CS(=O)(=O)O)C(O)CCCCCCCCCCCCCCCCCCCCC. The van der Waals surface area contributed by atoms with Gasteiger partial charge in [-0.25, -0.2) is 0 Å². The van der Waals surface area contributed by atoms with E-state index in [1.807, 2.05) is 0 Å². The van der Waals surface area contributed by atoms with E-state index in [9.17, 15) is 22.9 Å². The Morgan fingerprint density at radius 1 is 0.509 bits per heavy atom. The van der Waals surface area contributed by atoms with Crippen molar-refractivity contribution in [1.29, 1.82) is 0 Å². The Hall–Kier alpha value is -1.44. The molecule has 0 spiro atoms. The van der Waals surface area contributed by atoms with Crippen LogP contribution in [0.25, 0.3) is 0 Å². The number of aliphatic hydroxyl groups excluding tert-OH is 1. The maximum atomic E-state index is 12.6. The Morgan fingerprint density at radius 3 is 1.28 bits per heavy atom. The Bertz CT molecular complexity index is 976. The molecule has 0 saturated carbocycles. The van der Waals surface area contributed by atoms with Crippen molar-refractivity contribution in [2.75, 3.05) is 5.75 Å². The van der Waals surface area contributed by atoms with Crippen LogP contribution >= 0.6 is 0 Å². The summed E-state index contributed by atoms with van der Waals surface area (Å²) >= 11 is 0. The highest BCUT2D eigenvalue weighted by atomic mass is 32.2. The molecule has 2 atom stereocenters. The fourth-order valence-electron chi connectivity index (χ4n) is 6.93. The number of hydrogen-bond donors (Lipinski definition) is 3. The maximum absolute atomic E-state index is 12.6. The Labute approximate surface area is 329 Å². The molecule has 0 aliphatic rings. The lowest BCUT2D eigenvalue weighted by Gasteiger charge is -2.23. The first-order valence-electron chi connectivity index (χ1n) is 22.7. The van der Waals surface area contributed by atoms with Gasteiger partial charge in [0, 0.05) is 6.42 Å². The summed E-state index contributed by atoms with van der Waals surface area (Å²) in [6.45, 7) is 4.51. The molecule has 0 fully saturated rings. The van der Waals surface area contributed by atoms with Crippen LogP contribution in [-0.4, -0.2) is 41.9 Å². The molecule has 0 radical (unpaired) electrons. The van der Waals surface area contributed by atoms with Gasteiger partial charge in [-0.15, -0.1) is 0 Å². The van der Waals surface area contributed by atoms with Gasteiger partial charge in [0.05, 0.1) is 17.9 Å². The highest BCUT2D eigenvalue weighted by Crippen LogP contribution is 2.16. The van der Waals surface area contributed by atoms with Crippen LogP contribution in [0.3, 0.4) is 0 Å². The highest BCUT2D eigenvalue weighted by Gasteiger charge is 2.26. The van der Waals surface area contributed by atoms with Gasteiger partial charge in [-0.05, 0) is 51.4 Å². The molecule has 0 saturated heterocycles. The van der Waals surface area contributed by atoms with Gasteiger partial charge in [0.25, 0.3) is 10.1 Å². The zero-order chi connectivity index (χ0) is 38.9. The normalized spacial score (nSPS) is 13.5. The maximum Gasteiger partial charge on any atom is 0.266 e. The van der Waals surface area contributed by atoms with Gasteiger partial charge in [-0.3, -0.25) is 9.35 Å². The first kappa shape index (κ1) is 51.6. The Kier molecular flexibility index (Phi) is 39.1. The first-order valence-corrected chi connectivity index (χ1v) is 24.3. The minimum atomic E-state index is -4.32. The van der Waals surface area contributed by atoms with Crippen LogP contribution in [0, 0.1) is 0 Å². The molecule has 0 aromatic carbocycles. The summed E-state index contributed by atoms with van der Waals surface area (Å²) in [4.78, 5) is 12.6. The van der Waals surface area contributed by atoms with Crippen LogP contribution in [0.2, 0.25) is 0 Å². The summed E-state index contributed by atoms with van der Waals surface area (Å²) in [6, 6.07) is -0.978. The third kappa shape index (κ3) is 41.6. The van der Waals surface area contributed by atoms with Crippen LogP contribution < -0.4 is 5.32 Å². The van der Waals surface area contributed by atoms with E-state index in [-0.39, 0.29) is 5.91 Å². The van der Waals surface area contributed by atoms with Gasteiger partial charge < -0.3 is 10.4 Å². The summed E-state index contributed by atoms with van der Waals surface area (Å²) in [5.41, 5.74) is 0. The molecular formula is C46H87NO5S. The third-order valence-corrected chi connectivity index (χ3v) is 11.1. The van der Waals surface area contributed by atoms with Crippen LogP contribution in [-0.2, 0) is 14.9 Å². The van der Waals surface area contributed by atoms with E-state index >= 15 is 0 Å². The summed E-state index contributed by atoms with van der Waals surface area (Å²) in [6.07, 6.45) is 52.3. The number of rotatable bonds is 41. The molecule has 0 bridgehead atoms. The fraction of sp³-hybridized carbons (Fsp3) is 0.848. The molecular weight excluding hydrogens is 679 g/mol. The van der Waals surface area contributed by atoms with Crippen LogP contribution in [0.15, 0.2) is 36.5 Å². The number of hydrogen-bond acceptors (Lipinski definition) is 4. The molecule has 312 valence electrons. The first-order chi connectivity index (χ1) is 25.8. The number of unbranched alkanes of at least 4 members (excludes halogenated alkanes) is 27. The van der Waals surface area contributed by atoms with Crippen LogP contribution in [0.4, 0.5) is 0 Å². The molecule has 1 amide bonds. The minimum absolute atomic E-state index is 0.256. The number of amides is 1. The Morgan fingerprint density at radius 2 is 0.849 bits per heavy atom. The third-order valence-electron chi connectivity index (χ3n) is 10.3. The van der Waals surface area contributed by atoms with Crippen molar-refractivity contribution in [2.24, 2.45) is 0 Å². The average Bonchev–Trinajstić information content (AvgIpc) is 3.12. The van der Waals surface area contributed by atoms with Gasteiger partial charge in [0.2, 0.25) is 5.91 Å².